The maximum atomic E-state index is 11.6. The highest BCUT2D eigenvalue weighted by atomic mass is 32.1. The lowest BCUT2D eigenvalue weighted by Gasteiger charge is -1.96. The SMILES string of the molecule is O=C(Nc1nc2c(s1)CCC2)c1cn[nH]n1. The molecular formula is C9H9N5OS. The molecule has 2 aromatic heterocycles. The van der Waals surface area contributed by atoms with E-state index in [-0.39, 0.29) is 11.6 Å². The van der Waals surface area contributed by atoms with Crippen molar-refractivity contribution in [1.82, 2.24) is 20.4 Å². The molecule has 7 heteroatoms. The number of amides is 1. The number of carbonyl (C=O) groups is 1. The summed E-state index contributed by atoms with van der Waals surface area (Å²) in [6, 6.07) is 0. The maximum Gasteiger partial charge on any atom is 0.279 e. The molecule has 1 amide bonds. The van der Waals surface area contributed by atoms with E-state index in [1.807, 2.05) is 0 Å². The second-order valence-electron chi connectivity index (χ2n) is 3.55. The number of hydrogen-bond acceptors (Lipinski definition) is 5. The quantitative estimate of drug-likeness (QED) is 0.813. The van der Waals surface area contributed by atoms with Crippen molar-refractivity contribution in [3.63, 3.8) is 0 Å². The number of nitrogens with zero attached hydrogens (tertiary/aromatic N) is 3. The van der Waals surface area contributed by atoms with Crippen LogP contribution in [0.25, 0.3) is 0 Å². The third-order valence-corrected chi connectivity index (χ3v) is 3.54. The van der Waals surface area contributed by atoms with Crippen molar-refractivity contribution in [2.24, 2.45) is 0 Å². The number of aromatic nitrogens is 4. The van der Waals surface area contributed by atoms with E-state index in [0.29, 0.717) is 5.13 Å². The monoisotopic (exact) mass is 235 g/mol. The van der Waals surface area contributed by atoms with Crippen LogP contribution in [-0.4, -0.2) is 26.3 Å². The minimum absolute atomic E-state index is 0.273. The van der Waals surface area contributed by atoms with Gasteiger partial charge in [-0.15, -0.1) is 11.3 Å². The summed E-state index contributed by atoms with van der Waals surface area (Å²) in [5.74, 6) is -0.277. The number of aromatic amines is 1. The van der Waals surface area contributed by atoms with E-state index < -0.39 is 0 Å². The molecule has 2 aromatic rings. The van der Waals surface area contributed by atoms with Crippen molar-refractivity contribution in [2.45, 2.75) is 19.3 Å². The Morgan fingerprint density at radius 1 is 1.50 bits per heavy atom. The Balaban J connectivity index is 1.77. The minimum atomic E-state index is -0.277. The molecule has 0 saturated carbocycles. The average Bonchev–Trinajstić information content (AvgIpc) is 2.91. The number of thiazole rings is 1. The van der Waals surface area contributed by atoms with Crippen LogP contribution < -0.4 is 5.32 Å². The predicted molar refractivity (Wildman–Crippen MR) is 58.5 cm³/mol. The molecule has 6 nitrogen and oxygen atoms in total. The van der Waals surface area contributed by atoms with Crippen LogP contribution in [0.4, 0.5) is 5.13 Å². The Bertz CT molecular complexity index is 496. The molecule has 0 atom stereocenters. The average molecular weight is 235 g/mol. The van der Waals surface area contributed by atoms with Crippen LogP contribution in [0.1, 0.15) is 27.5 Å². The fourth-order valence-corrected chi connectivity index (χ4v) is 2.76. The van der Waals surface area contributed by atoms with Gasteiger partial charge < -0.3 is 0 Å². The molecule has 0 spiro atoms. The van der Waals surface area contributed by atoms with Gasteiger partial charge in [-0.05, 0) is 19.3 Å². The van der Waals surface area contributed by atoms with Gasteiger partial charge in [-0.1, -0.05) is 0 Å². The van der Waals surface area contributed by atoms with Crippen LogP contribution in [0.15, 0.2) is 6.20 Å². The first-order valence-electron chi connectivity index (χ1n) is 4.98. The first-order chi connectivity index (χ1) is 7.83. The fourth-order valence-electron chi connectivity index (χ4n) is 1.72. The van der Waals surface area contributed by atoms with Gasteiger partial charge in [0, 0.05) is 4.88 Å². The van der Waals surface area contributed by atoms with Gasteiger partial charge in [0.05, 0.1) is 11.9 Å². The molecule has 0 fully saturated rings. The molecule has 0 bridgehead atoms. The van der Waals surface area contributed by atoms with Gasteiger partial charge in [-0.2, -0.15) is 15.4 Å². The molecule has 82 valence electrons. The fraction of sp³-hybridized carbons (Fsp3) is 0.333. The van der Waals surface area contributed by atoms with E-state index in [4.69, 9.17) is 0 Å². The summed E-state index contributed by atoms with van der Waals surface area (Å²) in [6.07, 6.45) is 4.65. The van der Waals surface area contributed by atoms with Gasteiger partial charge in [0.25, 0.3) is 5.91 Å². The standard InChI is InChI=1S/C9H9N5OS/c15-8(6-4-10-14-13-6)12-9-11-5-2-1-3-7(5)16-9/h4H,1-3H2,(H,10,13,14)(H,11,12,15). The van der Waals surface area contributed by atoms with Crippen LogP contribution in [-0.2, 0) is 12.8 Å². The van der Waals surface area contributed by atoms with Crippen LogP contribution in [0.3, 0.4) is 0 Å². The molecule has 16 heavy (non-hydrogen) atoms. The summed E-state index contributed by atoms with van der Waals surface area (Å²) in [4.78, 5) is 17.3. The zero-order valence-electron chi connectivity index (χ0n) is 8.36. The van der Waals surface area contributed by atoms with E-state index in [1.165, 1.54) is 17.5 Å². The van der Waals surface area contributed by atoms with Crippen molar-refractivity contribution in [2.75, 3.05) is 5.32 Å². The number of H-pyrrole nitrogens is 1. The van der Waals surface area contributed by atoms with Gasteiger partial charge in [0.1, 0.15) is 0 Å². The van der Waals surface area contributed by atoms with Crippen LogP contribution in [0.5, 0.6) is 0 Å². The highest BCUT2D eigenvalue weighted by molar-refractivity contribution is 7.15. The minimum Gasteiger partial charge on any atom is -0.296 e. The summed E-state index contributed by atoms with van der Waals surface area (Å²) in [6.45, 7) is 0. The normalized spacial score (nSPS) is 13.8. The molecular weight excluding hydrogens is 226 g/mol. The molecule has 0 radical (unpaired) electrons. The number of anilines is 1. The third kappa shape index (κ3) is 1.58. The Morgan fingerprint density at radius 3 is 3.19 bits per heavy atom. The zero-order valence-corrected chi connectivity index (χ0v) is 9.17. The summed E-state index contributed by atoms with van der Waals surface area (Å²) < 4.78 is 0. The highest BCUT2D eigenvalue weighted by Gasteiger charge is 2.18. The van der Waals surface area contributed by atoms with Crippen LogP contribution in [0, 0.1) is 0 Å². The lowest BCUT2D eigenvalue weighted by molar-refractivity contribution is 0.102. The molecule has 1 aliphatic carbocycles. The molecule has 0 saturated heterocycles. The second kappa shape index (κ2) is 3.67. The molecule has 1 aliphatic rings. The topological polar surface area (TPSA) is 83.6 Å². The first-order valence-corrected chi connectivity index (χ1v) is 5.80. The lowest BCUT2D eigenvalue weighted by atomic mass is 10.4. The Morgan fingerprint density at radius 2 is 2.44 bits per heavy atom. The predicted octanol–water partition coefficient (Wildman–Crippen LogP) is 1.00. The number of carbonyl (C=O) groups excluding carboxylic acids is 1. The summed E-state index contributed by atoms with van der Waals surface area (Å²) >= 11 is 1.55. The smallest absolute Gasteiger partial charge is 0.279 e. The Labute approximate surface area is 95.1 Å². The summed E-state index contributed by atoms with van der Waals surface area (Å²) in [5, 5.41) is 13.1. The van der Waals surface area contributed by atoms with Crippen LogP contribution >= 0.6 is 11.3 Å². The third-order valence-electron chi connectivity index (χ3n) is 2.46. The highest BCUT2D eigenvalue weighted by Crippen LogP contribution is 2.30. The van der Waals surface area contributed by atoms with E-state index in [9.17, 15) is 4.79 Å². The van der Waals surface area contributed by atoms with Crippen molar-refractivity contribution in [1.29, 1.82) is 0 Å². The van der Waals surface area contributed by atoms with E-state index in [2.05, 4.69) is 25.7 Å². The number of hydrogen-bond donors (Lipinski definition) is 2. The van der Waals surface area contributed by atoms with E-state index in [0.717, 1.165) is 18.5 Å². The van der Waals surface area contributed by atoms with Crippen molar-refractivity contribution < 1.29 is 4.79 Å². The maximum absolute atomic E-state index is 11.6. The van der Waals surface area contributed by atoms with Crippen molar-refractivity contribution >= 4 is 22.4 Å². The van der Waals surface area contributed by atoms with E-state index in [1.54, 1.807) is 11.3 Å². The van der Waals surface area contributed by atoms with Gasteiger partial charge in [-0.25, -0.2) is 4.98 Å². The summed E-state index contributed by atoms with van der Waals surface area (Å²) in [7, 11) is 0. The number of rotatable bonds is 2. The van der Waals surface area contributed by atoms with E-state index >= 15 is 0 Å². The lowest BCUT2D eigenvalue weighted by Crippen LogP contribution is -2.12. The Kier molecular flexibility index (Phi) is 2.17. The Hall–Kier alpha value is -1.76. The molecule has 0 aliphatic heterocycles. The van der Waals surface area contributed by atoms with Crippen molar-refractivity contribution in [3.05, 3.63) is 22.5 Å². The van der Waals surface area contributed by atoms with Gasteiger partial charge in [-0.3, -0.25) is 10.1 Å². The molecule has 0 unspecified atom stereocenters. The number of nitrogens with one attached hydrogen (secondary N) is 2. The second-order valence-corrected chi connectivity index (χ2v) is 4.64. The molecule has 3 rings (SSSR count). The zero-order chi connectivity index (χ0) is 11.0. The van der Waals surface area contributed by atoms with Gasteiger partial charge in [0.15, 0.2) is 10.8 Å². The van der Waals surface area contributed by atoms with Crippen molar-refractivity contribution in [3.8, 4) is 0 Å². The van der Waals surface area contributed by atoms with Gasteiger partial charge >= 0.3 is 0 Å². The number of aryl methyl sites for hydroxylation is 2. The largest absolute Gasteiger partial charge is 0.296 e. The number of fused-ring (bicyclic) bond motifs is 1. The molecule has 0 aromatic carbocycles. The van der Waals surface area contributed by atoms with Crippen LogP contribution in [0.2, 0.25) is 0 Å². The van der Waals surface area contributed by atoms with Gasteiger partial charge in [0.2, 0.25) is 0 Å². The molecule has 2 N–H and O–H groups in total. The first kappa shape index (κ1) is 9.46. The molecule has 2 heterocycles. The summed E-state index contributed by atoms with van der Waals surface area (Å²) in [5.41, 5.74) is 1.40.